The van der Waals surface area contributed by atoms with Crippen LogP contribution in [0.5, 0.6) is 17.2 Å². The number of fused-ring (bicyclic) bond motifs is 1. The van der Waals surface area contributed by atoms with Gasteiger partial charge in [0.1, 0.15) is 5.75 Å². The van der Waals surface area contributed by atoms with Crippen molar-refractivity contribution < 1.29 is 19.0 Å². The van der Waals surface area contributed by atoms with Gasteiger partial charge in [-0.05, 0) is 29.3 Å². The molecule has 1 heterocycles. The van der Waals surface area contributed by atoms with Crippen LogP contribution in [0.2, 0.25) is 0 Å². The van der Waals surface area contributed by atoms with Crippen LogP contribution in [0.1, 0.15) is 27.4 Å². The van der Waals surface area contributed by atoms with Gasteiger partial charge in [-0.1, -0.05) is 30.3 Å². The SMILES string of the molecule is COc1cc(OC)c(C(=O)NCC(c2ccc(N(C)C)cc2)c2c[nH]c3ccccc23)cc1OC. The van der Waals surface area contributed by atoms with Gasteiger partial charge in [-0.15, -0.1) is 0 Å². The van der Waals surface area contributed by atoms with Crippen molar-refractivity contribution in [1.82, 2.24) is 10.3 Å². The molecule has 7 nitrogen and oxygen atoms in total. The molecule has 4 aromatic rings. The fraction of sp³-hybridized carbons (Fsp3) is 0.250. The molecule has 0 aliphatic rings. The highest BCUT2D eigenvalue weighted by molar-refractivity contribution is 5.98. The van der Waals surface area contributed by atoms with Crippen LogP contribution in [0.15, 0.2) is 66.9 Å². The van der Waals surface area contributed by atoms with E-state index in [1.165, 1.54) is 14.2 Å². The molecule has 0 radical (unpaired) electrons. The van der Waals surface area contributed by atoms with Crippen molar-refractivity contribution in [1.29, 1.82) is 0 Å². The Labute approximate surface area is 205 Å². The van der Waals surface area contributed by atoms with Crippen LogP contribution >= 0.6 is 0 Å². The number of benzene rings is 3. The summed E-state index contributed by atoms with van der Waals surface area (Å²) >= 11 is 0. The summed E-state index contributed by atoms with van der Waals surface area (Å²) in [6, 6.07) is 19.9. The molecule has 7 heteroatoms. The molecule has 0 saturated heterocycles. The van der Waals surface area contributed by atoms with Crippen molar-refractivity contribution in [2.45, 2.75) is 5.92 Å². The van der Waals surface area contributed by atoms with E-state index in [4.69, 9.17) is 14.2 Å². The molecular formula is C28H31N3O4. The van der Waals surface area contributed by atoms with E-state index in [2.05, 4.69) is 51.6 Å². The molecule has 1 aromatic heterocycles. The molecule has 3 aromatic carbocycles. The second kappa shape index (κ2) is 10.4. The van der Waals surface area contributed by atoms with Crippen molar-refractivity contribution in [2.75, 3.05) is 46.9 Å². The molecule has 1 atom stereocenters. The second-order valence-corrected chi connectivity index (χ2v) is 8.45. The quantitative estimate of drug-likeness (QED) is 0.365. The largest absolute Gasteiger partial charge is 0.496 e. The van der Waals surface area contributed by atoms with E-state index in [0.717, 1.165) is 27.7 Å². The van der Waals surface area contributed by atoms with Crippen LogP contribution < -0.4 is 24.4 Å². The molecule has 2 N–H and O–H groups in total. The average molecular weight is 474 g/mol. The minimum absolute atomic E-state index is 0.0579. The number of para-hydroxylation sites is 1. The first-order chi connectivity index (χ1) is 17.0. The minimum Gasteiger partial charge on any atom is -0.496 e. The number of methoxy groups -OCH3 is 3. The first-order valence-corrected chi connectivity index (χ1v) is 11.4. The maximum absolute atomic E-state index is 13.3. The van der Waals surface area contributed by atoms with Crippen molar-refractivity contribution in [3.63, 3.8) is 0 Å². The Kier molecular flexibility index (Phi) is 7.15. The molecule has 0 aliphatic carbocycles. The van der Waals surface area contributed by atoms with Crippen LogP contribution in [0.25, 0.3) is 10.9 Å². The third-order valence-corrected chi connectivity index (χ3v) is 6.23. The predicted molar refractivity (Wildman–Crippen MR) is 139 cm³/mol. The molecule has 1 amide bonds. The third kappa shape index (κ3) is 4.89. The molecular weight excluding hydrogens is 442 g/mol. The molecule has 0 saturated carbocycles. The fourth-order valence-electron chi connectivity index (χ4n) is 4.29. The van der Waals surface area contributed by atoms with Gasteiger partial charge >= 0.3 is 0 Å². The lowest BCUT2D eigenvalue weighted by Crippen LogP contribution is -2.29. The lowest BCUT2D eigenvalue weighted by molar-refractivity contribution is 0.0949. The van der Waals surface area contributed by atoms with E-state index in [1.807, 2.05) is 32.4 Å². The molecule has 0 spiro atoms. The highest BCUT2D eigenvalue weighted by Gasteiger charge is 2.22. The molecule has 0 bridgehead atoms. The van der Waals surface area contributed by atoms with Gasteiger partial charge < -0.3 is 29.4 Å². The van der Waals surface area contributed by atoms with Crippen LogP contribution in [0, 0.1) is 0 Å². The summed E-state index contributed by atoms with van der Waals surface area (Å²) < 4.78 is 16.2. The van der Waals surface area contributed by atoms with Crippen molar-refractivity contribution in [2.24, 2.45) is 0 Å². The third-order valence-electron chi connectivity index (χ3n) is 6.23. The van der Waals surface area contributed by atoms with Gasteiger partial charge in [0.05, 0.1) is 26.9 Å². The van der Waals surface area contributed by atoms with Gasteiger partial charge in [-0.25, -0.2) is 0 Å². The van der Waals surface area contributed by atoms with E-state index in [0.29, 0.717) is 29.4 Å². The molecule has 182 valence electrons. The summed E-state index contributed by atoms with van der Waals surface area (Å²) in [6.45, 7) is 0.402. The van der Waals surface area contributed by atoms with Gasteiger partial charge in [0, 0.05) is 61.5 Å². The van der Waals surface area contributed by atoms with Crippen LogP contribution in [-0.4, -0.2) is 52.9 Å². The zero-order chi connectivity index (χ0) is 24.9. The van der Waals surface area contributed by atoms with Crippen molar-refractivity contribution in [3.05, 3.63) is 83.6 Å². The number of rotatable bonds is 9. The Balaban J connectivity index is 1.67. The number of anilines is 1. The molecule has 4 rings (SSSR count). The number of H-pyrrole nitrogens is 1. The normalized spacial score (nSPS) is 11.7. The first kappa shape index (κ1) is 24.0. The number of nitrogens with zero attached hydrogens (tertiary/aromatic N) is 1. The zero-order valence-electron chi connectivity index (χ0n) is 20.7. The van der Waals surface area contributed by atoms with E-state index in [-0.39, 0.29) is 11.8 Å². The monoisotopic (exact) mass is 473 g/mol. The van der Waals surface area contributed by atoms with Gasteiger partial charge in [-0.2, -0.15) is 0 Å². The van der Waals surface area contributed by atoms with Gasteiger partial charge in [0.15, 0.2) is 11.5 Å². The number of aromatic amines is 1. The molecule has 0 fully saturated rings. The smallest absolute Gasteiger partial charge is 0.255 e. The summed E-state index contributed by atoms with van der Waals surface area (Å²) in [4.78, 5) is 18.7. The number of hydrogen-bond donors (Lipinski definition) is 2. The number of carbonyl (C=O) groups is 1. The summed E-state index contributed by atoms with van der Waals surface area (Å²) in [5, 5.41) is 4.24. The number of nitrogens with one attached hydrogen (secondary N) is 2. The number of aromatic nitrogens is 1. The lowest BCUT2D eigenvalue weighted by Gasteiger charge is -2.20. The first-order valence-electron chi connectivity index (χ1n) is 11.4. The Morgan fingerprint density at radius 2 is 1.57 bits per heavy atom. The molecule has 35 heavy (non-hydrogen) atoms. The number of hydrogen-bond acceptors (Lipinski definition) is 5. The van der Waals surface area contributed by atoms with Crippen molar-refractivity contribution >= 4 is 22.5 Å². The van der Waals surface area contributed by atoms with Gasteiger partial charge in [0.2, 0.25) is 0 Å². The number of ether oxygens (including phenoxy) is 3. The summed E-state index contributed by atoms with van der Waals surface area (Å²) in [7, 11) is 8.64. The Morgan fingerprint density at radius 1 is 0.914 bits per heavy atom. The van der Waals surface area contributed by atoms with E-state index in [1.54, 1.807) is 19.2 Å². The molecule has 0 aliphatic heterocycles. The lowest BCUT2D eigenvalue weighted by atomic mass is 9.90. The standard InChI is InChI=1S/C28H31N3O4/c1-31(2)19-12-10-18(11-13-19)22(23-17-29-24-9-7-6-8-20(23)24)16-30-28(32)21-14-26(34-4)27(35-5)15-25(21)33-3/h6-15,17,22,29H,16H2,1-5H3,(H,30,32). The maximum Gasteiger partial charge on any atom is 0.255 e. The average Bonchev–Trinajstić information content (AvgIpc) is 3.32. The van der Waals surface area contributed by atoms with Crippen LogP contribution in [0.4, 0.5) is 5.69 Å². The molecule has 1 unspecified atom stereocenters. The topological polar surface area (TPSA) is 75.8 Å². The Bertz CT molecular complexity index is 1310. The van der Waals surface area contributed by atoms with Gasteiger partial charge in [-0.3, -0.25) is 4.79 Å². The predicted octanol–water partition coefficient (Wildman–Crippen LogP) is 4.82. The van der Waals surface area contributed by atoms with Crippen LogP contribution in [-0.2, 0) is 0 Å². The highest BCUT2D eigenvalue weighted by Crippen LogP contribution is 2.35. The number of carbonyl (C=O) groups excluding carboxylic acids is 1. The summed E-state index contributed by atoms with van der Waals surface area (Å²) in [5.41, 5.74) is 4.79. The van der Waals surface area contributed by atoms with Crippen molar-refractivity contribution in [3.8, 4) is 17.2 Å². The Morgan fingerprint density at radius 3 is 2.23 bits per heavy atom. The van der Waals surface area contributed by atoms with Crippen LogP contribution in [0.3, 0.4) is 0 Å². The minimum atomic E-state index is -0.252. The van der Waals surface area contributed by atoms with E-state index < -0.39 is 0 Å². The highest BCUT2D eigenvalue weighted by atomic mass is 16.5. The fourth-order valence-corrected chi connectivity index (χ4v) is 4.29. The van der Waals surface area contributed by atoms with Gasteiger partial charge in [0.25, 0.3) is 5.91 Å². The number of amides is 1. The summed E-state index contributed by atoms with van der Waals surface area (Å²) in [5.74, 6) is 1.07. The maximum atomic E-state index is 13.3. The van der Waals surface area contributed by atoms with E-state index >= 15 is 0 Å². The Hall–Kier alpha value is -4.13. The summed E-state index contributed by atoms with van der Waals surface area (Å²) in [6.07, 6.45) is 2.03. The second-order valence-electron chi connectivity index (χ2n) is 8.45. The zero-order valence-corrected chi connectivity index (χ0v) is 20.7. The van der Waals surface area contributed by atoms with E-state index in [9.17, 15) is 4.79 Å².